The van der Waals surface area contributed by atoms with Crippen LogP contribution in [0.1, 0.15) is 26.7 Å². The summed E-state index contributed by atoms with van der Waals surface area (Å²) in [7, 11) is 0. The SMILES string of the molecule is CC(C)CC(NC(N)=O)C(=O)N1CC[C@H](O)C1. The highest BCUT2D eigenvalue weighted by Crippen LogP contribution is 2.13. The summed E-state index contributed by atoms with van der Waals surface area (Å²) in [5, 5.41) is 11.9. The minimum Gasteiger partial charge on any atom is -0.391 e. The van der Waals surface area contributed by atoms with Crippen molar-refractivity contribution in [3.05, 3.63) is 0 Å². The zero-order valence-corrected chi connectivity index (χ0v) is 10.3. The molecule has 0 spiro atoms. The number of β-amino-alcohol motifs (C(OH)–C–C–N with tert-alkyl or cyclic N) is 1. The van der Waals surface area contributed by atoms with Gasteiger partial charge in [0.05, 0.1) is 6.10 Å². The number of hydrogen-bond donors (Lipinski definition) is 3. The van der Waals surface area contributed by atoms with Crippen LogP contribution in [0.3, 0.4) is 0 Å². The molecule has 1 fully saturated rings. The molecule has 2 atom stereocenters. The van der Waals surface area contributed by atoms with Crippen LogP contribution in [0.15, 0.2) is 0 Å². The van der Waals surface area contributed by atoms with E-state index < -0.39 is 18.2 Å². The quantitative estimate of drug-likeness (QED) is 0.630. The van der Waals surface area contributed by atoms with Crippen LogP contribution in [0.2, 0.25) is 0 Å². The Hall–Kier alpha value is -1.30. The van der Waals surface area contributed by atoms with Gasteiger partial charge < -0.3 is 21.1 Å². The Morgan fingerprint density at radius 1 is 1.53 bits per heavy atom. The molecule has 4 N–H and O–H groups in total. The number of likely N-dealkylation sites (tertiary alicyclic amines) is 1. The number of primary amides is 1. The van der Waals surface area contributed by atoms with Crippen LogP contribution < -0.4 is 11.1 Å². The van der Waals surface area contributed by atoms with Crippen LogP contribution in [-0.4, -0.2) is 47.2 Å². The number of carbonyl (C=O) groups is 2. The second kappa shape index (κ2) is 5.86. The number of aliphatic hydroxyl groups excluding tert-OH is 1. The molecule has 17 heavy (non-hydrogen) atoms. The molecule has 6 nitrogen and oxygen atoms in total. The van der Waals surface area contributed by atoms with Gasteiger partial charge in [0, 0.05) is 13.1 Å². The fraction of sp³-hybridized carbons (Fsp3) is 0.818. The highest BCUT2D eigenvalue weighted by Gasteiger charge is 2.30. The van der Waals surface area contributed by atoms with E-state index in [-0.39, 0.29) is 11.8 Å². The second-order valence-electron chi connectivity index (χ2n) is 4.92. The summed E-state index contributed by atoms with van der Waals surface area (Å²) >= 11 is 0. The first-order chi connectivity index (χ1) is 7.90. The third-order valence-electron chi connectivity index (χ3n) is 2.80. The van der Waals surface area contributed by atoms with Crippen molar-refractivity contribution in [1.29, 1.82) is 0 Å². The van der Waals surface area contributed by atoms with Crippen molar-refractivity contribution >= 4 is 11.9 Å². The van der Waals surface area contributed by atoms with E-state index in [1.807, 2.05) is 13.8 Å². The van der Waals surface area contributed by atoms with Gasteiger partial charge in [-0.05, 0) is 18.8 Å². The van der Waals surface area contributed by atoms with Gasteiger partial charge in [0.1, 0.15) is 6.04 Å². The zero-order valence-electron chi connectivity index (χ0n) is 10.3. The van der Waals surface area contributed by atoms with Crippen LogP contribution in [0.5, 0.6) is 0 Å². The van der Waals surface area contributed by atoms with Crippen LogP contribution in [0.25, 0.3) is 0 Å². The van der Waals surface area contributed by atoms with E-state index in [9.17, 15) is 14.7 Å². The summed E-state index contributed by atoms with van der Waals surface area (Å²) in [4.78, 5) is 24.5. The Balaban J connectivity index is 2.61. The maximum absolute atomic E-state index is 12.1. The minimum absolute atomic E-state index is 0.158. The lowest BCUT2D eigenvalue weighted by Gasteiger charge is -2.24. The third kappa shape index (κ3) is 4.22. The Kier molecular flexibility index (Phi) is 4.74. The number of nitrogens with one attached hydrogen (secondary N) is 1. The van der Waals surface area contributed by atoms with Crippen molar-refractivity contribution in [2.24, 2.45) is 11.7 Å². The Labute approximate surface area is 101 Å². The number of amides is 3. The van der Waals surface area contributed by atoms with Gasteiger partial charge in [-0.25, -0.2) is 4.79 Å². The number of rotatable bonds is 4. The van der Waals surface area contributed by atoms with E-state index >= 15 is 0 Å². The number of carbonyl (C=O) groups excluding carboxylic acids is 2. The zero-order chi connectivity index (χ0) is 13.0. The van der Waals surface area contributed by atoms with Crippen molar-refractivity contribution in [3.63, 3.8) is 0 Å². The van der Waals surface area contributed by atoms with E-state index in [1.54, 1.807) is 4.90 Å². The summed E-state index contributed by atoms with van der Waals surface area (Å²) in [6.45, 7) is 4.83. The molecular weight excluding hydrogens is 222 g/mol. The summed E-state index contributed by atoms with van der Waals surface area (Å²) < 4.78 is 0. The first-order valence-electron chi connectivity index (χ1n) is 5.93. The van der Waals surface area contributed by atoms with E-state index in [0.717, 1.165) is 0 Å². The van der Waals surface area contributed by atoms with E-state index in [2.05, 4.69) is 5.32 Å². The summed E-state index contributed by atoms with van der Waals surface area (Å²) in [5.41, 5.74) is 5.06. The smallest absolute Gasteiger partial charge is 0.312 e. The normalized spacial score (nSPS) is 21.6. The van der Waals surface area contributed by atoms with Gasteiger partial charge in [0.2, 0.25) is 5.91 Å². The number of hydrogen-bond acceptors (Lipinski definition) is 3. The number of aliphatic hydroxyl groups is 1. The van der Waals surface area contributed by atoms with E-state index in [4.69, 9.17) is 5.73 Å². The molecule has 0 radical (unpaired) electrons. The second-order valence-corrected chi connectivity index (χ2v) is 4.92. The van der Waals surface area contributed by atoms with Gasteiger partial charge in [0.15, 0.2) is 0 Å². The molecule has 0 aromatic rings. The molecular formula is C11H21N3O3. The maximum Gasteiger partial charge on any atom is 0.312 e. The Morgan fingerprint density at radius 2 is 2.18 bits per heavy atom. The standard InChI is InChI=1S/C11H21N3O3/c1-7(2)5-9(13-11(12)17)10(16)14-4-3-8(15)6-14/h7-9,15H,3-6H2,1-2H3,(H3,12,13,17)/t8-,9?/m0/s1. The first kappa shape index (κ1) is 13.8. The number of urea groups is 1. The molecule has 3 amide bonds. The highest BCUT2D eigenvalue weighted by molar-refractivity contribution is 5.86. The monoisotopic (exact) mass is 243 g/mol. The van der Waals surface area contributed by atoms with Crippen LogP contribution in [0, 0.1) is 5.92 Å². The van der Waals surface area contributed by atoms with Crippen LogP contribution in [-0.2, 0) is 4.79 Å². The van der Waals surface area contributed by atoms with Crippen molar-refractivity contribution < 1.29 is 14.7 Å². The molecule has 1 unspecified atom stereocenters. The van der Waals surface area contributed by atoms with Crippen LogP contribution >= 0.6 is 0 Å². The molecule has 1 aliphatic heterocycles. The summed E-state index contributed by atoms with van der Waals surface area (Å²) in [6, 6.07) is -1.28. The Bertz CT molecular complexity index is 294. The minimum atomic E-state index is -0.691. The predicted octanol–water partition coefficient (Wildman–Crippen LogP) is -0.337. The largest absolute Gasteiger partial charge is 0.391 e. The molecule has 1 aliphatic rings. The van der Waals surface area contributed by atoms with Crippen molar-refractivity contribution in [2.75, 3.05) is 13.1 Å². The highest BCUT2D eigenvalue weighted by atomic mass is 16.3. The fourth-order valence-electron chi connectivity index (χ4n) is 2.03. The molecule has 6 heteroatoms. The summed E-state index contributed by atoms with van der Waals surface area (Å²) in [5.74, 6) is 0.123. The van der Waals surface area contributed by atoms with Crippen molar-refractivity contribution in [2.45, 2.75) is 38.8 Å². The van der Waals surface area contributed by atoms with Crippen molar-refractivity contribution in [1.82, 2.24) is 10.2 Å². The van der Waals surface area contributed by atoms with Crippen molar-refractivity contribution in [3.8, 4) is 0 Å². The molecule has 98 valence electrons. The van der Waals surface area contributed by atoms with Crippen LogP contribution in [0.4, 0.5) is 4.79 Å². The van der Waals surface area contributed by atoms with E-state index in [1.165, 1.54) is 0 Å². The molecule has 1 rings (SSSR count). The van der Waals surface area contributed by atoms with E-state index in [0.29, 0.717) is 25.9 Å². The lowest BCUT2D eigenvalue weighted by Crippen LogP contribution is -2.50. The maximum atomic E-state index is 12.1. The molecule has 0 bridgehead atoms. The fourth-order valence-corrected chi connectivity index (χ4v) is 2.03. The average molecular weight is 243 g/mol. The van der Waals surface area contributed by atoms with Gasteiger partial charge in [-0.3, -0.25) is 4.79 Å². The number of nitrogens with two attached hydrogens (primary N) is 1. The first-order valence-corrected chi connectivity index (χ1v) is 5.93. The van der Waals surface area contributed by atoms with Gasteiger partial charge in [-0.2, -0.15) is 0 Å². The van der Waals surface area contributed by atoms with Gasteiger partial charge >= 0.3 is 6.03 Å². The average Bonchev–Trinajstić information content (AvgIpc) is 2.61. The predicted molar refractivity (Wildman–Crippen MR) is 63.2 cm³/mol. The van der Waals surface area contributed by atoms with Gasteiger partial charge in [-0.1, -0.05) is 13.8 Å². The Morgan fingerprint density at radius 3 is 2.59 bits per heavy atom. The number of nitrogens with zero attached hydrogens (tertiary/aromatic N) is 1. The third-order valence-corrected chi connectivity index (χ3v) is 2.80. The molecule has 0 aliphatic carbocycles. The lowest BCUT2D eigenvalue weighted by atomic mass is 10.0. The molecule has 0 aromatic carbocycles. The topological polar surface area (TPSA) is 95.7 Å². The van der Waals surface area contributed by atoms with Gasteiger partial charge in [0.25, 0.3) is 0 Å². The molecule has 1 heterocycles. The van der Waals surface area contributed by atoms with Gasteiger partial charge in [-0.15, -0.1) is 0 Å². The summed E-state index contributed by atoms with van der Waals surface area (Å²) in [6.07, 6.45) is 0.692. The lowest BCUT2D eigenvalue weighted by molar-refractivity contribution is -0.132. The molecule has 0 aromatic heterocycles. The molecule has 0 saturated carbocycles. The molecule has 1 saturated heterocycles.